The molecule has 6 nitrogen and oxygen atoms in total. The van der Waals surface area contributed by atoms with E-state index in [4.69, 9.17) is 0 Å². The molecule has 1 N–H and O–H groups in total. The third-order valence-corrected chi connectivity index (χ3v) is 7.34. The molecule has 0 atom stereocenters. The highest BCUT2D eigenvalue weighted by atomic mass is 127. The van der Waals surface area contributed by atoms with Gasteiger partial charge in [-0.25, -0.2) is 0 Å². The van der Waals surface area contributed by atoms with E-state index in [9.17, 15) is 4.79 Å². The van der Waals surface area contributed by atoms with Crippen LogP contribution in [-0.4, -0.2) is 86.0 Å². The summed E-state index contributed by atoms with van der Waals surface area (Å²) in [5.41, 5.74) is 1.46. The molecule has 0 spiro atoms. The van der Waals surface area contributed by atoms with E-state index in [2.05, 4.69) is 55.3 Å². The van der Waals surface area contributed by atoms with Crippen molar-refractivity contribution in [1.82, 2.24) is 20.0 Å². The van der Waals surface area contributed by atoms with Crippen molar-refractivity contribution in [3.05, 3.63) is 35.9 Å². The van der Waals surface area contributed by atoms with Gasteiger partial charge in [-0.1, -0.05) is 36.8 Å². The maximum atomic E-state index is 12.4. The molecule has 2 aliphatic heterocycles. The first-order valence-electron chi connectivity index (χ1n) is 12.2. The van der Waals surface area contributed by atoms with E-state index >= 15 is 0 Å². The van der Waals surface area contributed by atoms with Crippen LogP contribution < -0.4 is 5.32 Å². The minimum Gasteiger partial charge on any atom is -0.355 e. The Morgan fingerprint density at radius 3 is 2.25 bits per heavy atom. The van der Waals surface area contributed by atoms with Crippen LogP contribution in [-0.2, 0) is 11.2 Å². The molecule has 178 valence electrons. The first-order valence-corrected chi connectivity index (χ1v) is 12.2. The Hall–Kier alpha value is -1.35. The number of benzene rings is 1. The van der Waals surface area contributed by atoms with Crippen LogP contribution in [0.2, 0.25) is 0 Å². The Morgan fingerprint density at radius 1 is 0.969 bits per heavy atom. The summed E-state index contributed by atoms with van der Waals surface area (Å²) in [4.78, 5) is 23.9. The highest BCUT2D eigenvalue weighted by molar-refractivity contribution is 14.0. The number of carbonyl (C=O) groups is 1. The molecule has 0 aromatic heterocycles. The molecule has 2 heterocycles. The zero-order chi connectivity index (χ0) is 21.5. The van der Waals surface area contributed by atoms with Gasteiger partial charge in [0.15, 0.2) is 5.96 Å². The lowest BCUT2D eigenvalue weighted by Gasteiger charge is -2.38. The Kier molecular flexibility index (Phi) is 10.1. The molecule has 32 heavy (non-hydrogen) atoms. The lowest BCUT2D eigenvalue weighted by Crippen LogP contribution is -2.53. The number of hydrogen-bond acceptors (Lipinski definition) is 3. The summed E-state index contributed by atoms with van der Waals surface area (Å²) >= 11 is 0. The minimum atomic E-state index is 0. The average Bonchev–Trinajstić information content (AvgIpc) is 2.77. The summed E-state index contributed by atoms with van der Waals surface area (Å²) in [6.07, 6.45) is 7.08. The second kappa shape index (κ2) is 12.8. The molecule has 7 heteroatoms. The fourth-order valence-corrected chi connectivity index (χ4v) is 5.06. The molecule has 1 amide bonds. The lowest BCUT2D eigenvalue weighted by molar-refractivity contribution is -0.139. The monoisotopic (exact) mass is 553 g/mol. The van der Waals surface area contributed by atoms with E-state index in [0.29, 0.717) is 11.8 Å². The van der Waals surface area contributed by atoms with Crippen LogP contribution in [0.3, 0.4) is 0 Å². The van der Waals surface area contributed by atoms with Crippen LogP contribution in [0.1, 0.15) is 37.7 Å². The third kappa shape index (κ3) is 6.83. The van der Waals surface area contributed by atoms with Crippen molar-refractivity contribution >= 4 is 35.8 Å². The number of piperidine rings is 1. The molecule has 1 aromatic rings. The van der Waals surface area contributed by atoms with Crippen molar-refractivity contribution in [2.75, 3.05) is 59.4 Å². The molecule has 4 rings (SSSR count). The summed E-state index contributed by atoms with van der Waals surface area (Å²) in [7, 11) is 1.89. The van der Waals surface area contributed by atoms with Gasteiger partial charge in [-0.3, -0.25) is 14.7 Å². The number of aliphatic imine (C=N–C) groups is 1. The standard InChI is InChI=1S/C25H39N5O.HI/c1-26-25(30-13-10-22(11-14-30)20-21-6-3-2-4-7-21)27-12-15-28-16-18-29(19-17-28)24(31)23-8-5-9-23;/h2-4,6-7,22-23H,5,8-20H2,1H3,(H,26,27);1H. The van der Waals surface area contributed by atoms with Gasteiger partial charge in [0, 0.05) is 65.3 Å². The molecule has 3 aliphatic rings. The van der Waals surface area contributed by atoms with E-state index in [-0.39, 0.29) is 24.0 Å². The fourth-order valence-electron chi connectivity index (χ4n) is 5.06. The third-order valence-electron chi connectivity index (χ3n) is 7.34. The number of halogens is 1. The normalized spacial score (nSPS) is 21.1. The van der Waals surface area contributed by atoms with Gasteiger partial charge in [0.05, 0.1) is 0 Å². The van der Waals surface area contributed by atoms with Crippen molar-refractivity contribution in [2.24, 2.45) is 16.8 Å². The highest BCUT2D eigenvalue weighted by Crippen LogP contribution is 2.28. The van der Waals surface area contributed by atoms with Crippen LogP contribution in [0, 0.1) is 11.8 Å². The summed E-state index contributed by atoms with van der Waals surface area (Å²) in [5, 5.41) is 3.58. The van der Waals surface area contributed by atoms with Gasteiger partial charge >= 0.3 is 0 Å². The van der Waals surface area contributed by atoms with Crippen molar-refractivity contribution in [1.29, 1.82) is 0 Å². The van der Waals surface area contributed by atoms with Crippen molar-refractivity contribution in [2.45, 2.75) is 38.5 Å². The lowest BCUT2D eigenvalue weighted by atomic mass is 9.84. The topological polar surface area (TPSA) is 51.2 Å². The smallest absolute Gasteiger partial charge is 0.225 e. The predicted molar refractivity (Wildman–Crippen MR) is 142 cm³/mol. The molecule has 3 fully saturated rings. The number of piperazine rings is 1. The number of guanidine groups is 1. The summed E-state index contributed by atoms with van der Waals surface area (Å²) < 4.78 is 0. The van der Waals surface area contributed by atoms with Crippen LogP contribution in [0.5, 0.6) is 0 Å². The maximum Gasteiger partial charge on any atom is 0.225 e. The minimum absolute atomic E-state index is 0. The van der Waals surface area contributed by atoms with Gasteiger partial charge in [-0.05, 0) is 43.6 Å². The largest absolute Gasteiger partial charge is 0.355 e. The Morgan fingerprint density at radius 2 is 1.66 bits per heavy atom. The number of nitrogens with one attached hydrogen (secondary N) is 1. The Labute approximate surface area is 210 Å². The molecule has 1 aliphatic carbocycles. The second-order valence-corrected chi connectivity index (χ2v) is 9.39. The molecule has 0 radical (unpaired) electrons. The number of nitrogens with zero attached hydrogens (tertiary/aromatic N) is 4. The average molecular weight is 554 g/mol. The molecule has 1 aromatic carbocycles. The fraction of sp³-hybridized carbons (Fsp3) is 0.680. The number of hydrogen-bond donors (Lipinski definition) is 1. The zero-order valence-corrected chi connectivity index (χ0v) is 21.9. The zero-order valence-electron chi connectivity index (χ0n) is 19.5. The van der Waals surface area contributed by atoms with Crippen molar-refractivity contribution < 1.29 is 4.79 Å². The molecule has 0 bridgehead atoms. The van der Waals surface area contributed by atoms with E-state index in [1.165, 1.54) is 31.2 Å². The van der Waals surface area contributed by atoms with E-state index in [1.807, 2.05) is 7.05 Å². The number of amides is 1. The molecular formula is C25H40IN5O. The second-order valence-electron chi connectivity index (χ2n) is 9.39. The van der Waals surface area contributed by atoms with Crippen LogP contribution in [0.4, 0.5) is 0 Å². The SMILES string of the molecule is CN=C(NCCN1CCN(C(=O)C2CCC2)CC1)N1CCC(Cc2ccccc2)CC1.I. The summed E-state index contributed by atoms with van der Waals surface area (Å²) in [6, 6.07) is 10.9. The first kappa shape index (κ1) is 25.3. The first-order chi connectivity index (χ1) is 15.2. The van der Waals surface area contributed by atoms with Crippen LogP contribution in [0.25, 0.3) is 0 Å². The Bertz CT molecular complexity index is 723. The van der Waals surface area contributed by atoms with Crippen molar-refractivity contribution in [3.63, 3.8) is 0 Å². The number of carbonyl (C=O) groups excluding carboxylic acids is 1. The van der Waals surface area contributed by atoms with Gasteiger partial charge < -0.3 is 15.1 Å². The maximum absolute atomic E-state index is 12.4. The van der Waals surface area contributed by atoms with Gasteiger partial charge in [0.2, 0.25) is 5.91 Å². The van der Waals surface area contributed by atoms with E-state index in [0.717, 1.165) is 77.1 Å². The molecule has 0 unspecified atom stereocenters. The Balaban J connectivity index is 0.00000289. The molecule has 1 saturated carbocycles. The quantitative estimate of drug-likeness (QED) is 0.335. The molecule has 2 saturated heterocycles. The molecular weight excluding hydrogens is 513 g/mol. The predicted octanol–water partition coefficient (Wildman–Crippen LogP) is 3.08. The van der Waals surface area contributed by atoms with Crippen LogP contribution in [0.15, 0.2) is 35.3 Å². The van der Waals surface area contributed by atoms with E-state index in [1.54, 1.807) is 0 Å². The van der Waals surface area contributed by atoms with Gasteiger partial charge in [-0.2, -0.15) is 0 Å². The van der Waals surface area contributed by atoms with E-state index < -0.39 is 0 Å². The van der Waals surface area contributed by atoms with Gasteiger partial charge in [0.25, 0.3) is 0 Å². The highest BCUT2D eigenvalue weighted by Gasteiger charge is 2.31. The number of likely N-dealkylation sites (tertiary alicyclic amines) is 1. The van der Waals surface area contributed by atoms with Gasteiger partial charge in [0.1, 0.15) is 0 Å². The summed E-state index contributed by atoms with van der Waals surface area (Å²) in [6.45, 7) is 7.84. The summed E-state index contributed by atoms with van der Waals surface area (Å²) in [5.74, 6) is 2.54. The number of rotatable bonds is 6. The van der Waals surface area contributed by atoms with Crippen LogP contribution >= 0.6 is 24.0 Å². The van der Waals surface area contributed by atoms with Gasteiger partial charge in [-0.15, -0.1) is 24.0 Å². The van der Waals surface area contributed by atoms with Crippen molar-refractivity contribution in [3.8, 4) is 0 Å².